The van der Waals surface area contributed by atoms with E-state index in [9.17, 15) is 10.5 Å². The molecule has 0 radical (unpaired) electrons. The zero-order chi connectivity index (χ0) is 83.4. The maximum atomic E-state index is 12.2. The third kappa shape index (κ3) is 12.5. The molecule has 18 aromatic carbocycles. The van der Waals surface area contributed by atoms with Crippen LogP contribution < -0.4 is 51.3 Å². The van der Waals surface area contributed by atoms with Crippen LogP contribution in [0.25, 0.3) is 98.4 Å². The fourth-order valence-electron chi connectivity index (χ4n) is 19.6. The first-order valence-electron chi connectivity index (χ1n) is 42.4. The van der Waals surface area contributed by atoms with Gasteiger partial charge in [0.2, 0.25) is 0 Å². The molecule has 0 aliphatic carbocycles. The van der Waals surface area contributed by atoms with Crippen LogP contribution >= 0.6 is 0 Å². The Morgan fingerprint density at radius 3 is 0.861 bits per heavy atom. The van der Waals surface area contributed by atoms with E-state index in [2.05, 4.69) is 419 Å². The quantitative estimate of drug-likeness (QED) is 0.0484. The second-order valence-corrected chi connectivity index (χ2v) is 41.7. The predicted molar refractivity (Wildman–Crippen MR) is 518 cm³/mol. The van der Waals surface area contributed by atoms with Crippen LogP contribution in [0.4, 0.5) is 34.1 Å². The molecule has 0 spiro atoms. The summed E-state index contributed by atoms with van der Waals surface area (Å²) >= 11 is 0. The van der Waals surface area contributed by atoms with Crippen LogP contribution in [0.1, 0.15) is 95.2 Å². The van der Waals surface area contributed by atoms with Crippen LogP contribution in [-0.2, 0) is 0 Å². The number of fused-ring (bicyclic) bond motifs is 6. The molecular weight excluding hydrogens is 1510 g/mol. The highest BCUT2D eigenvalue weighted by Gasteiger charge is 2.44. The van der Waals surface area contributed by atoms with Crippen molar-refractivity contribution in [2.45, 2.75) is 81.1 Å². The van der Waals surface area contributed by atoms with Gasteiger partial charge in [0.05, 0.1) is 45.3 Å². The molecule has 0 atom stereocenters. The van der Waals surface area contributed by atoms with Crippen molar-refractivity contribution in [3.8, 4) is 34.4 Å². The minimum atomic E-state index is -3.01. The largest absolute Gasteiger partial charge is 0.454 e. The summed E-state index contributed by atoms with van der Waals surface area (Å²) in [5, 5.41) is 45.0. The molecule has 0 saturated carbocycles. The van der Waals surface area contributed by atoms with Crippen molar-refractivity contribution in [3.63, 3.8) is 0 Å². The van der Waals surface area contributed by atoms with E-state index in [1.165, 1.54) is 74.9 Å². The van der Waals surface area contributed by atoms with E-state index in [0.717, 1.165) is 121 Å². The fraction of sp³-hybridized carbons (Fsp3) is 0.105. The summed E-state index contributed by atoms with van der Waals surface area (Å²) in [5.41, 5.74) is 22.3. The Bertz CT molecular complexity index is 6920. The standard InChI is InChI=1S/C114H90N4O2Si2/c1-71(2)101-67-107(117(105-27-17-25-97-93-23-11-13-29-109(93)119-113(97)105)103-61-43-81(63-83(103)69-115)79-19-15-21-91(65-79)121(85-45-31-73(5)32-46-85,86-47-33-74(6)34-48-86)87-49-35-75(7)36-50-87)99-60-58-96-102(72(3)4)68-108(100-59-57-95(101)111(99)112(96)100)118(106-28-18-26-98-94-24-12-14-30-110(94)120-114(98)106)104-62-44-82(64-84(104)70-116)80-20-16-22-92(66-80)122(88-51-37-76(8)38-52-88,89-53-39-77(9)40-54-89)90-55-41-78(10)42-56-90/h11-68,71-72H,1-10H3. The van der Waals surface area contributed by atoms with Crippen LogP contribution in [0.15, 0.2) is 361 Å². The lowest BCUT2D eigenvalue weighted by molar-refractivity contribution is 0.668. The Morgan fingerprint density at radius 1 is 0.246 bits per heavy atom. The summed E-state index contributed by atoms with van der Waals surface area (Å²) in [7, 11) is -6.02. The number of aryl methyl sites for hydroxylation is 6. The minimum absolute atomic E-state index is 0.0397. The molecule has 122 heavy (non-hydrogen) atoms. The summed E-state index contributed by atoms with van der Waals surface area (Å²) in [6.45, 7) is 22.1. The van der Waals surface area contributed by atoms with Crippen molar-refractivity contribution < 1.29 is 8.83 Å². The smallest absolute Gasteiger partial charge is 0.179 e. The number of rotatable bonds is 18. The molecule has 0 aliphatic rings. The number of hydrogen-bond donors (Lipinski definition) is 0. The monoisotopic (exact) mass is 1600 g/mol. The second kappa shape index (κ2) is 30.5. The van der Waals surface area contributed by atoms with Gasteiger partial charge in [0, 0.05) is 32.3 Å². The van der Waals surface area contributed by atoms with E-state index >= 15 is 0 Å². The van der Waals surface area contributed by atoms with Crippen molar-refractivity contribution in [1.29, 1.82) is 10.5 Å². The Hall–Kier alpha value is -14.4. The van der Waals surface area contributed by atoms with Gasteiger partial charge in [-0.1, -0.05) is 352 Å². The highest BCUT2D eigenvalue weighted by atomic mass is 28.3. The van der Waals surface area contributed by atoms with Crippen molar-refractivity contribution in [2.24, 2.45) is 0 Å². The first kappa shape index (κ1) is 76.3. The molecule has 2 aromatic heterocycles. The zero-order valence-corrected chi connectivity index (χ0v) is 72.2. The van der Waals surface area contributed by atoms with Gasteiger partial charge < -0.3 is 18.6 Å². The number of nitriles is 2. The molecule has 0 amide bonds. The van der Waals surface area contributed by atoms with Crippen LogP contribution in [0.3, 0.4) is 0 Å². The molecule has 586 valence electrons. The van der Waals surface area contributed by atoms with Crippen molar-refractivity contribution in [2.75, 3.05) is 9.80 Å². The number of anilines is 6. The molecule has 0 aliphatic heterocycles. The average Bonchev–Trinajstić information content (AvgIpc) is 0.893. The number of hydrogen-bond acceptors (Lipinski definition) is 6. The van der Waals surface area contributed by atoms with Crippen LogP contribution in [-0.4, -0.2) is 16.1 Å². The fourth-order valence-corrected chi connectivity index (χ4v) is 29.1. The predicted octanol–water partition coefficient (Wildman–Crippen LogP) is 25.3. The van der Waals surface area contributed by atoms with Gasteiger partial charge >= 0.3 is 0 Å². The van der Waals surface area contributed by atoms with Crippen LogP contribution in [0.2, 0.25) is 0 Å². The molecule has 20 aromatic rings. The maximum Gasteiger partial charge on any atom is 0.179 e. The number of nitrogens with zero attached hydrogens (tertiary/aromatic N) is 4. The van der Waals surface area contributed by atoms with Crippen molar-refractivity contribution in [1.82, 2.24) is 0 Å². The summed E-state index contributed by atoms with van der Waals surface area (Å²) in [4.78, 5) is 4.63. The average molecular weight is 1600 g/mol. The number of benzene rings is 18. The van der Waals surface area contributed by atoms with Gasteiger partial charge in [0.1, 0.15) is 23.3 Å². The Kier molecular flexibility index (Phi) is 19.0. The Balaban J connectivity index is 0.806. The summed E-state index contributed by atoms with van der Waals surface area (Å²) < 4.78 is 14.3. The van der Waals surface area contributed by atoms with E-state index < -0.39 is 16.1 Å². The molecule has 0 N–H and O–H groups in total. The molecule has 0 fully saturated rings. The van der Waals surface area contributed by atoms with Gasteiger partial charge in [-0.3, -0.25) is 0 Å². The third-order valence-corrected chi connectivity index (χ3v) is 35.3. The lowest BCUT2D eigenvalue weighted by atomic mass is 9.84. The van der Waals surface area contributed by atoms with Gasteiger partial charge in [0.15, 0.2) is 27.3 Å². The van der Waals surface area contributed by atoms with Crippen LogP contribution in [0.5, 0.6) is 0 Å². The van der Waals surface area contributed by atoms with E-state index in [1.54, 1.807) is 0 Å². The van der Waals surface area contributed by atoms with E-state index in [-0.39, 0.29) is 11.8 Å². The maximum absolute atomic E-state index is 12.2. The molecular formula is C114H90N4O2Si2. The SMILES string of the molecule is Cc1ccc([Si](c2ccc(C)cc2)(c2ccc(C)cc2)c2cccc(-c3ccc(N(c4cc(C(C)C)c5ccc6c(N(c7ccc(-c8cccc([Si](c9ccc(C)cc9)(c9ccc(C)cc9)c9ccc(C)cc9)c8)cc7C#N)c7cccc8c7oc7ccccc78)cc(C(C)C)c7ccc4c5c76)c4cccc5c4oc4ccccc45)c(C#N)c3)c2)cc1. The first-order valence-corrected chi connectivity index (χ1v) is 46.4. The highest BCUT2D eigenvalue weighted by molar-refractivity contribution is 7.20. The number of para-hydroxylation sites is 4. The Morgan fingerprint density at radius 2 is 0.541 bits per heavy atom. The number of furan rings is 2. The molecule has 0 saturated heterocycles. The van der Waals surface area contributed by atoms with Gasteiger partial charge in [-0.15, -0.1) is 0 Å². The van der Waals surface area contributed by atoms with E-state index in [4.69, 9.17) is 8.83 Å². The zero-order valence-electron chi connectivity index (χ0n) is 70.2. The molecule has 0 unspecified atom stereocenters. The van der Waals surface area contributed by atoms with Gasteiger partial charge in [-0.05, 0) is 210 Å². The van der Waals surface area contributed by atoms with Crippen molar-refractivity contribution >= 4 is 168 Å². The van der Waals surface area contributed by atoms with E-state index in [1.807, 2.05) is 24.3 Å². The lowest BCUT2D eigenvalue weighted by Crippen LogP contribution is -2.74. The summed E-state index contributed by atoms with van der Waals surface area (Å²) in [6.07, 6.45) is 0. The van der Waals surface area contributed by atoms with Gasteiger partial charge in [0.25, 0.3) is 0 Å². The van der Waals surface area contributed by atoms with Crippen molar-refractivity contribution in [3.05, 3.63) is 407 Å². The normalized spacial score (nSPS) is 12.0. The van der Waals surface area contributed by atoms with Crippen LogP contribution in [0, 0.1) is 64.2 Å². The van der Waals surface area contributed by atoms with Gasteiger partial charge in [-0.25, -0.2) is 0 Å². The van der Waals surface area contributed by atoms with Gasteiger partial charge in [-0.2, -0.15) is 10.5 Å². The molecule has 20 rings (SSSR count). The molecule has 0 bridgehead atoms. The third-order valence-electron chi connectivity index (χ3n) is 25.8. The highest BCUT2D eigenvalue weighted by Crippen LogP contribution is 2.54. The Labute approximate surface area is 715 Å². The minimum Gasteiger partial charge on any atom is -0.454 e. The topological polar surface area (TPSA) is 80.3 Å². The summed E-state index contributed by atoms with van der Waals surface area (Å²) in [5.74, 6) is 0.0794. The first-order chi connectivity index (χ1) is 59.5. The summed E-state index contributed by atoms with van der Waals surface area (Å²) in [6, 6.07) is 136. The lowest BCUT2D eigenvalue weighted by Gasteiger charge is -2.35. The second-order valence-electron chi connectivity index (χ2n) is 34.1. The molecule has 6 nitrogen and oxygen atoms in total. The van der Waals surface area contributed by atoms with E-state index in [0.29, 0.717) is 33.7 Å². The molecule has 8 heteroatoms. The molecule has 2 heterocycles.